The van der Waals surface area contributed by atoms with Gasteiger partial charge in [0.05, 0.1) is 18.9 Å². The van der Waals surface area contributed by atoms with Gasteiger partial charge in [-0.3, -0.25) is 9.78 Å². The van der Waals surface area contributed by atoms with Gasteiger partial charge < -0.3 is 14.2 Å². The molecule has 2 saturated heterocycles. The lowest BCUT2D eigenvalue weighted by molar-refractivity contribution is -0.205. The number of hydrogen-bond donors (Lipinski definition) is 0. The zero-order valence-electron chi connectivity index (χ0n) is 16.7. The molecular formula is C20H28N2O5. The molecule has 1 unspecified atom stereocenters. The van der Waals surface area contributed by atoms with E-state index in [0.29, 0.717) is 26.2 Å². The number of imide groups is 1. The molecule has 7 nitrogen and oxygen atoms in total. The number of rotatable bonds is 3. The molecule has 7 heteroatoms. The average molecular weight is 376 g/mol. The normalized spacial score (nSPS) is 22.3. The molecule has 0 spiro atoms. The first-order chi connectivity index (χ1) is 12.7. The quantitative estimate of drug-likeness (QED) is 0.807. The monoisotopic (exact) mass is 376 g/mol. The molecule has 1 atom stereocenters. The summed E-state index contributed by atoms with van der Waals surface area (Å²) in [5.41, 5.74) is 1.79. The zero-order valence-corrected chi connectivity index (χ0v) is 16.7. The molecule has 0 aliphatic carbocycles. The predicted molar refractivity (Wildman–Crippen MR) is 98.4 cm³/mol. The van der Waals surface area contributed by atoms with Crippen molar-refractivity contribution in [3.63, 3.8) is 0 Å². The summed E-state index contributed by atoms with van der Waals surface area (Å²) in [5, 5.41) is 0. The number of aromatic nitrogens is 1. The molecule has 0 bridgehead atoms. The van der Waals surface area contributed by atoms with Crippen LogP contribution in [-0.2, 0) is 24.6 Å². The Balaban J connectivity index is 1.82. The van der Waals surface area contributed by atoms with Crippen LogP contribution in [0.15, 0.2) is 12.3 Å². The van der Waals surface area contributed by atoms with Gasteiger partial charge in [-0.15, -0.1) is 0 Å². The summed E-state index contributed by atoms with van der Waals surface area (Å²) in [6.07, 6.45) is 2.12. The minimum atomic E-state index is -0.629. The first-order valence-electron chi connectivity index (χ1n) is 9.29. The summed E-state index contributed by atoms with van der Waals surface area (Å²) in [4.78, 5) is 30.8. The highest BCUT2D eigenvalue weighted by Gasteiger charge is 2.46. The molecule has 0 saturated carbocycles. The van der Waals surface area contributed by atoms with Crippen molar-refractivity contribution in [3.8, 4) is 0 Å². The van der Waals surface area contributed by atoms with Gasteiger partial charge in [-0.25, -0.2) is 9.69 Å². The summed E-state index contributed by atoms with van der Waals surface area (Å²) in [7, 11) is 1.66. The van der Waals surface area contributed by atoms with Gasteiger partial charge in [-0.05, 0) is 57.2 Å². The van der Waals surface area contributed by atoms with Crippen molar-refractivity contribution in [2.24, 2.45) is 0 Å². The highest BCUT2D eigenvalue weighted by atomic mass is 16.6. The molecule has 0 radical (unpaired) electrons. The number of ether oxygens (including phenoxy) is 3. The van der Waals surface area contributed by atoms with Gasteiger partial charge in [0.25, 0.3) is 0 Å². The van der Waals surface area contributed by atoms with Crippen LogP contribution in [0.2, 0.25) is 0 Å². The molecule has 27 heavy (non-hydrogen) atoms. The maximum atomic E-state index is 12.7. The molecule has 2 fully saturated rings. The number of aryl methyl sites for hydroxylation is 1. The van der Waals surface area contributed by atoms with Crippen LogP contribution < -0.4 is 0 Å². The largest absolute Gasteiger partial charge is 0.443 e. The van der Waals surface area contributed by atoms with E-state index >= 15 is 0 Å². The van der Waals surface area contributed by atoms with Crippen molar-refractivity contribution in [2.45, 2.75) is 57.7 Å². The molecule has 2 aliphatic heterocycles. The van der Waals surface area contributed by atoms with Crippen molar-refractivity contribution in [1.29, 1.82) is 0 Å². The Morgan fingerprint density at radius 2 is 2.07 bits per heavy atom. The van der Waals surface area contributed by atoms with Crippen LogP contribution in [0.25, 0.3) is 0 Å². The number of piperidine rings is 1. The number of carbonyl (C=O) groups is 2. The summed E-state index contributed by atoms with van der Waals surface area (Å²) in [6, 6.07) is 1.95. The topological polar surface area (TPSA) is 78.0 Å². The lowest BCUT2D eigenvalue weighted by Crippen LogP contribution is -2.50. The average Bonchev–Trinajstić information content (AvgIpc) is 2.52. The molecule has 0 N–H and O–H groups in total. The first-order valence-corrected chi connectivity index (χ1v) is 9.29. The molecule has 148 valence electrons. The lowest BCUT2D eigenvalue weighted by atomic mass is 9.80. The Hall–Kier alpha value is -1.99. The second-order valence-electron chi connectivity index (χ2n) is 8.30. The number of carbonyl (C=O) groups excluding carboxylic acids is 2. The lowest BCUT2D eigenvalue weighted by Gasteiger charge is -2.42. The zero-order chi connectivity index (χ0) is 19.8. The van der Waals surface area contributed by atoms with Crippen LogP contribution >= 0.6 is 0 Å². The maximum Gasteiger partial charge on any atom is 0.417 e. The molecule has 3 heterocycles. The maximum absolute atomic E-state index is 12.7. The van der Waals surface area contributed by atoms with E-state index in [4.69, 9.17) is 14.2 Å². The highest BCUT2D eigenvalue weighted by molar-refractivity contribution is 5.93. The van der Waals surface area contributed by atoms with E-state index in [1.165, 1.54) is 4.90 Å². The molecule has 1 aromatic heterocycles. The van der Waals surface area contributed by atoms with Crippen LogP contribution in [0.4, 0.5) is 4.79 Å². The smallest absolute Gasteiger partial charge is 0.417 e. The van der Waals surface area contributed by atoms with Gasteiger partial charge in [0, 0.05) is 26.3 Å². The fourth-order valence-corrected chi connectivity index (χ4v) is 3.68. The van der Waals surface area contributed by atoms with Crippen LogP contribution in [0.1, 0.15) is 56.4 Å². The third kappa shape index (κ3) is 3.84. The van der Waals surface area contributed by atoms with Crippen molar-refractivity contribution in [3.05, 3.63) is 29.1 Å². The number of nitrogens with zero attached hydrogens (tertiary/aromatic N) is 2. The summed E-state index contributed by atoms with van der Waals surface area (Å²) in [5.74, 6) is -0.224. The number of likely N-dealkylation sites (tertiary alicyclic amines) is 1. The van der Waals surface area contributed by atoms with Crippen molar-refractivity contribution < 1.29 is 23.8 Å². The Morgan fingerprint density at radius 3 is 2.59 bits per heavy atom. The van der Waals surface area contributed by atoms with Crippen molar-refractivity contribution in [2.75, 3.05) is 26.9 Å². The minimum Gasteiger partial charge on any atom is -0.443 e. The Bertz CT molecular complexity index is 731. The second-order valence-corrected chi connectivity index (χ2v) is 8.30. The van der Waals surface area contributed by atoms with Crippen LogP contribution in [0.5, 0.6) is 0 Å². The van der Waals surface area contributed by atoms with E-state index in [1.807, 2.05) is 13.0 Å². The predicted octanol–water partition coefficient (Wildman–Crippen LogP) is 2.90. The van der Waals surface area contributed by atoms with Crippen LogP contribution in [0, 0.1) is 6.92 Å². The fraction of sp³-hybridized carbons (Fsp3) is 0.650. The molecule has 2 amide bonds. The number of methoxy groups -OCH3 is 1. The van der Waals surface area contributed by atoms with E-state index in [1.54, 1.807) is 34.1 Å². The molecule has 1 aromatic rings. The van der Waals surface area contributed by atoms with E-state index in [0.717, 1.165) is 16.8 Å². The van der Waals surface area contributed by atoms with Gasteiger partial charge in [0.1, 0.15) is 5.60 Å². The Kier molecular flexibility index (Phi) is 5.27. The summed E-state index contributed by atoms with van der Waals surface area (Å²) < 4.78 is 16.5. The number of amides is 2. The van der Waals surface area contributed by atoms with Crippen LogP contribution in [-0.4, -0.2) is 54.4 Å². The summed E-state index contributed by atoms with van der Waals surface area (Å²) in [6.45, 7) is 8.64. The second kappa shape index (κ2) is 7.20. The van der Waals surface area contributed by atoms with Gasteiger partial charge >= 0.3 is 6.09 Å². The van der Waals surface area contributed by atoms with Crippen molar-refractivity contribution >= 4 is 12.0 Å². The summed E-state index contributed by atoms with van der Waals surface area (Å²) >= 11 is 0. The standard InChI is InChI=1S/C20H28N2O5/c1-13-6-8-21-17(20(25-5)11-26-12-20)16(13)14-7-9-22(15(23)10-14)18(24)27-19(2,3)4/h6,8,14H,7,9-12H2,1-5H3. The van der Waals surface area contributed by atoms with Crippen LogP contribution in [0.3, 0.4) is 0 Å². The van der Waals surface area contributed by atoms with E-state index < -0.39 is 17.3 Å². The Labute approximate surface area is 160 Å². The fourth-order valence-electron chi connectivity index (χ4n) is 3.68. The highest BCUT2D eigenvalue weighted by Crippen LogP contribution is 2.41. The molecule has 0 aromatic carbocycles. The van der Waals surface area contributed by atoms with Gasteiger partial charge in [-0.2, -0.15) is 0 Å². The third-order valence-corrected chi connectivity index (χ3v) is 5.15. The number of hydrogen-bond acceptors (Lipinski definition) is 6. The minimum absolute atomic E-state index is 0.00693. The van der Waals surface area contributed by atoms with E-state index in [-0.39, 0.29) is 18.2 Å². The Morgan fingerprint density at radius 1 is 1.37 bits per heavy atom. The van der Waals surface area contributed by atoms with E-state index in [2.05, 4.69) is 4.98 Å². The van der Waals surface area contributed by atoms with Gasteiger partial charge in [0.2, 0.25) is 5.91 Å². The van der Waals surface area contributed by atoms with Gasteiger partial charge in [-0.1, -0.05) is 0 Å². The van der Waals surface area contributed by atoms with Crippen molar-refractivity contribution in [1.82, 2.24) is 9.88 Å². The van der Waals surface area contributed by atoms with E-state index in [9.17, 15) is 9.59 Å². The molecule has 3 rings (SSSR count). The third-order valence-electron chi connectivity index (χ3n) is 5.15. The molecular weight excluding hydrogens is 348 g/mol. The number of pyridine rings is 1. The first kappa shape index (κ1) is 19.8. The van der Waals surface area contributed by atoms with Gasteiger partial charge in [0.15, 0.2) is 5.60 Å². The molecule has 2 aliphatic rings. The SMILES string of the molecule is COC1(c2nccc(C)c2C2CCN(C(=O)OC(C)(C)C)C(=O)C2)COC1.